The van der Waals surface area contributed by atoms with E-state index in [0.29, 0.717) is 6.04 Å². The van der Waals surface area contributed by atoms with Gasteiger partial charge < -0.3 is 10.2 Å². The molecule has 2 aliphatic rings. The van der Waals surface area contributed by atoms with Gasteiger partial charge in [-0.2, -0.15) is 0 Å². The van der Waals surface area contributed by atoms with Crippen LogP contribution in [0.25, 0.3) is 0 Å². The summed E-state index contributed by atoms with van der Waals surface area (Å²) < 4.78 is 0. The van der Waals surface area contributed by atoms with Gasteiger partial charge in [-0.1, -0.05) is 6.07 Å². The van der Waals surface area contributed by atoms with Gasteiger partial charge in [0.05, 0.1) is 11.8 Å². The molecule has 1 aromatic rings. The molecule has 2 fully saturated rings. The molecule has 2 N–H and O–H groups in total. The summed E-state index contributed by atoms with van der Waals surface area (Å²) in [4.78, 5) is 6.68. The SMILES string of the molecule is OC1CCN(C2CCC(O)(c3ccccn3)CC2)C1. The summed E-state index contributed by atoms with van der Waals surface area (Å²) in [6.45, 7) is 1.79. The summed E-state index contributed by atoms with van der Waals surface area (Å²) in [6, 6.07) is 6.24. The van der Waals surface area contributed by atoms with Crippen LogP contribution in [0.1, 0.15) is 37.8 Å². The highest BCUT2D eigenvalue weighted by atomic mass is 16.3. The number of aliphatic hydroxyl groups excluding tert-OH is 1. The van der Waals surface area contributed by atoms with Crippen LogP contribution in [0.4, 0.5) is 0 Å². The Hall–Kier alpha value is -0.970. The zero-order valence-electron chi connectivity index (χ0n) is 11.2. The van der Waals surface area contributed by atoms with E-state index in [1.165, 1.54) is 0 Å². The molecule has 1 aliphatic carbocycles. The van der Waals surface area contributed by atoms with Crippen LogP contribution in [0, 0.1) is 0 Å². The Morgan fingerprint density at radius 1 is 1.21 bits per heavy atom. The fourth-order valence-corrected chi connectivity index (χ4v) is 3.44. The second-order valence-corrected chi connectivity index (χ2v) is 5.92. The van der Waals surface area contributed by atoms with Crippen LogP contribution in [-0.2, 0) is 5.60 Å². The van der Waals surface area contributed by atoms with Gasteiger partial charge in [-0.3, -0.25) is 9.88 Å². The summed E-state index contributed by atoms with van der Waals surface area (Å²) in [5.74, 6) is 0. The van der Waals surface area contributed by atoms with Crippen molar-refractivity contribution >= 4 is 0 Å². The molecule has 1 saturated carbocycles. The third kappa shape index (κ3) is 2.66. The van der Waals surface area contributed by atoms with Crippen LogP contribution in [0.5, 0.6) is 0 Å². The van der Waals surface area contributed by atoms with E-state index in [-0.39, 0.29) is 6.10 Å². The molecule has 0 spiro atoms. The van der Waals surface area contributed by atoms with Crippen molar-refractivity contribution in [3.05, 3.63) is 30.1 Å². The Balaban J connectivity index is 1.63. The van der Waals surface area contributed by atoms with E-state index >= 15 is 0 Å². The first-order chi connectivity index (χ1) is 9.17. The maximum absolute atomic E-state index is 10.7. The largest absolute Gasteiger partial charge is 0.392 e. The average molecular weight is 262 g/mol. The van der Waals surface area contributed by atoms with Crippen molar-refractivity contribution < 1.29 is 10.2 Å². The first kappa shape index (κ1) is 13.0. The number of likely N-dealkylation sites (tertiary alicyclic amines) is 1. The number of aromatic nitrogens is 1. The molecule has 4 heteroatoms. The monoisotopic (exact) mass is 262 g/mol. The van der Waals surface area contributed by atoms with Crippen LogP contribution in [0.2, 0.25) is 0 Å². The van der Waals surface area contributed by atoms with Gasteiger partial charge in [-0.15, -0.1) is 0 Å². The molecule has 0 aromatic carbocycles. The molecule has 4 nitrogen and oxygen atoms in total. The van der Waals surface area contributed by atoms with Crippen molar-refractivity contribution in [1.29, 1.82) is 0 Å². The summed E-state index contributed by atoms with van der Waals surface area (Å²) in [6.07, 6.45) is 5.98. The van der Waals surface area contributed by atoms with E-state index in [2.05, 4.69) is 9.88 Å². The Morgan fingerprint density at radius 3 is 2.58 bits per heavy atom. The van der Waals surface area contributed by atoms with Gasteiger partial charge in [0.15, 0.2) is 0 Å². The number of hydrogen-bond acceptors (Lipinski definition) is 4. The van der Waals surface area contributed by atoms with E-state index in [1.54, 1.807) is 6.20 Å². The quantitative estimate of drug-likeness (QED) is 0.843. The molecule has 1 aliphatic heterocycles. The topological polar surface area (TPSA) is 56.6 Å². The van der Waals surface area contributed by atoms with E-state index in [1.807, 2.05) is 18.2 Å². The lowest BCUT2D eigenvalue weighted by Crippen LogP contribution is -2.42. The van der Waals surface area contributed by atoms with Gasteiger partial charge in [-0.05, 0) is 44.2 Å². The standard InChI is InChI=1S/C15H22N2O2/c18-13-6-10-17(11-13)12-4-7-15(19,8-5-12)14-3-1-2-9-16-14/h1-3,9,12-13,18-19H,4-8,10-11H2. The van der Waals surface area contributed by atoms with Gasteiger partial charge in [0, 0.05) is 25.3 Å². The van der Waals surface area contributed by atoms with Crippen LogP contribution >= 0.6 is 0 Å². The smallest absolute Gasteiger partial charge is 0.107 e. The second-order valence-electron chi connectivity index (χ2n) is 5.92. The third-order valence-electron chi connectivity index (χ3n) is 4.64. The third-order valence-corrected chi connectivity index (χ3v) is 4.64. The minimum Gasteiger partial charge on any atom is -0.392 e. The summed E-state index contributed by atoms with van der Waals surface area (Å²) in [5.41, 5.74) is 0.0470. The average Bonchev–Trinajstić information content (AvgIpc) is 2.87. The van der Waals surface area contributed by atoms with Gasteiger partial charge in [0.2, 0.25) is 0 Å². The fraction of sp³-hybridized carbons (Fsp3) is 0.667. The zero-order valence-corrected chi connectivity index (χ0v) is 11.2. The van der Waals surface area contributed by atoms with Crippen LogP contribution in [0.15, 0.2) is 24.4 Å². The van der Waals surface area contributed by atoms with Gasteiger partial charge >= 0.3 is 0 Å². The number of aliphatic hydroxyl groups is 2. The number of nitrogens with zero attached hydrogens (tertiary/aromatic N) is 2. The molecule has 19 heavy (non-hydrogen) atoms. The Bertz CT molecular complexity index is 415. The molecule has 1 atom stereocenters. The van der Waals surface area contributed by atoms with Gasteiger partial charge in [0.25, 0.3) is 0 Å². The molecule has 0 amide bonds. The van der Waals surface area contributed by atoms with E-state index < -0.39 is 5.60 Å². The van der Waals surface area contributed by atoms with Crippen LogP contribution in [-0.4, -0.2) is 45.3 Å². The molecular weight excluding hydrogens is 240 g/mol. The predicted molar refractivity (Wildman–Crippen MR) is 72.6 cm³/mol. The summed E-state index contributed by atoms with van der Waals surface area (Å²) >= 11 is 0. The molecule has 104 valence electrons. The summed E-state index contributed by atoms with van der Waals surface area (Å²) in [5, 5.41) is 20.3. The first-order valence-electron chi connectivity index (χ1n) is 7.23. The van der Waals surface area contributed by atoms with Crippen molar-refractivity contribution in [2.24, 2.45) is 0 Å². The number of rotatable bonds is 2. The highest BCUT2D eigenvalue weighted by Crippen LogP contribution is 2.38. The zero-order chi connectivity index (χ0) is 13.3. The highest BCUT2D eigenvalue weighted by molar-refractivity contribution is 5.14. The maximum atomic E-state index is 10.7. The molecule has 2 heterocycles. The Labute approximate surface area is 114 Å². The lowest BCUT2D eigenvalue weighted by molar-refractivity contribution is -0.0266. The lowest BCUT2D eigenvalue weighted by atomic mass is 9.79. The minimum absolute atomic E-state index is 0.156. The Morgan fingerprint density at radius 2 is 2.00 bits per heavy atom. The maximum Gasteiger partial charge on any atom is 0.107 e. The first-order valence-corrected chi connectivity index (χ1v) is 7.23. The molecule has 0 bridgehead atoms. The predicted octanol–water partition coefficient (Wildman–Crippen LogP) is 1.28. The number of β-amino-alcohol motifs (C(OH)–C–C–N with tert-alkyl or cyclic N) is 1. The van der Waals surface area contributed by atoms with Gasteiger partial charge in [-0.25, -0.2) is 0 Å². The molecule has 3 rings (SSSR count). The van der Waals surface area contributed by atoms with Crippen LogP contribution < -0.4 is 0 Å². The van der Waals surface area contributed by atoms with E-state index in [4.69, 9.17) is 0 Å². The Kier molecular flexibility index (Phi) is 3.56. The molecule has 1 aromatic heterocycles. The summed E-state index contributed by atoms with van der Waals surface area (Å²) in [7, 11) is 0. The van der Waals surface area contributed by atoms with Crippen molar-refractivity contribution in [3.63, 3.8) is 0 Å². The van der Waals surface area contributed by atoms with Crippen molar-refractivity contribution in [2.45, 2.75) is 49.9 Å². The van der Waals surface area contributed by atoms with Crippen molar-refractivity contribution in [2.75, 3.05) is 13.1 Å². The van der Waals surface area contributed by atoms with Gasteiger partial charge in [0.1, 0.15) is 5.60 Å². The van der Waals surface area contributed by atoms with Crippen molar-refractivity contribution in [3.8, 4) is 0 Å². The highest BCUT2D eigenvalue weighted by Gasteiger charge is 2.38. The lowest BCUT2D eigenvalue weighted by Gasteiger charge is -2.39. The molecule has 1 unspecified atom stereocenters. The normalized spacial score (nSPS) is 36.5. The minimum atomic E-state index is -0.754. The second kappa shape index (κ2) is 5.19. The molecule has 1 saturated heterocycles. The van der Waals surface area contributed by atoms with E-state index in [9.17, 15) is 10.2 Å². The van der Waals surface area contributed by atoms with E-state index in [0.717, 1.165) is 50.9 Å². The van der Waals surface area contributed by atoms with Crippen LogP contribution in [0.3, 0.4) is 0 Å². The molecular formula is C15H22N2O2. The van der Waals surface area contributed by atoms with Crippen molar-refractivity contribution in [1.82, 2.24) is 9.88 Å². The molecule has 0 radical (unpaired) electrons. The number of pyridine rings is 1. The number of hydrogen-bond donors (Lipinski definition) is 2. The fourth-order valence-electron chi connectivity index (χ4n) is 3.44.